The number of carbonyl (C=O) groups excluding carboxylic acids is 2. The summed E-state index contributed by atoms with van der Waals surface area (Å²) in [5.41, 5.74) is -0.303. The van der Waals surface area contributed by atoms with Crippen LogP contribution in [0.25, 0.3) is 0 Å². The molecule has 0 spiro atoms. The quantitative estimate of drug-likeness (QED) is 0.257. The maximum atomic E-state index is 11.5. The van der Waals surface area contributed by atoms with Gasteiger partial charge in [0.2, 0.25) is 0 Å². The van der Waals surface area contributed by atoms with E-state index < -0.39 is 11.9 Å². The van der Waals surface area contributed by atoms with Gasteiger partial charge >= 0.3 is 11.9 Å². The van der Waals surface area contributed by atoms with Crippen LogP contribution in [0.4, 0.5) is 0 Å². The van der Waals surface area contributed by atoms with Gasteiger partial charge in [0.1, 0.15) is 11.3 Å². The fraction of sp³-hybridized carbons (Fsp3) is 0.231. The van der Waals surface area contributed by atoms with Crippen molar-refractivity contribution in [2.45, 2.75) is 13.3 Å². The Bertz CT molecular complexity index is 409. The first-order valence-corrected chi connectivity index (χ1v) is 5.28. The largest absolute Gasteiger partial charge is 0.462 e. The molecule has 0 aromatic heterocycles. The van der Waals surface area contributed by atoms with Crippen molar-refractivity contribution in [1.29, 1.82) is 0 Å². The van der Waals surface area contributed by atoms with Gasteiger partial charge in [0, 0.05) is 0 Å². The zero-order valence-electron chi connectivity index (χ0n) is 9.64. The molecule has 90 valence electrons. The van der Waals surface area contributed by atoms with E-state index >= 15 is 0 Å². The first-order valence-electron chi connectivity index (χ1n) is 5.28. The lowest BCUT2D eigenvalue weighted by Crippen LogP contribution is -2.19. The summed E-state index contributed by atoms with van der Waals surface area (Å²) >= 11 is 0. The summed E-state index contributed by atoms with van der Waals surface area (Å²) in [4.78, 5) is 22.8. The average molecular weight is 234 g/mol. The lowest BCUT2D eigenvalue weighted by atomic mass is 10.3. The topological polar surface area (TPSA) is 52.6 Å². The lowest BCUT2D eigenvalue weighted by molar-refractivity contribution is -0.143. The van der Waals surface area contributed by atoms with Crippen molar-refractivity contribution in [2.24, 2.45) is 0 Å². The number of esters is 2. The lowest BCUT2D eigenvalue weighted by Gasteiger charge is -2.06. The first-order chi connectivity index (χ1) is 8.15. The van der Waals surface area contributed by atoms with E-state index in [2.05, 4.69) is 6.58 Å². The van der Waals surface area contributed by atoms with Gasteiger partial charge in [-0.2, -0.15) is 0 Å². The molecule has 0 saturated heterocycles. The van der Waals surface area contributed by atoms with Gasteiger partial charge in [-0.25, -0.2) is 9.59 Å². The Labute approximate surface area is 99.8 Å². The molecule has 0 aliphatic heterocycles. The second-order valence-electron chi connectivity index (χ2n) is 3.32. The summed E-state index contributed by atoms with van der Waals surface area (Å²) in [7, 11) is 0. The van der Waals surface area contributed by atoms with Gasteiger partial charge in [-0.05, 0) is 18.6 Å². The molecule has 0 heterocycles. The molecular formula is C13H14O4. The van der Waals surface area contributed by atoms with Gasteiger partial charge in [0.05, 0.1) is 6.61 Å². The third kappa shape index (κ3) is 4.10. The Hall–Kier alpha value is -2.10. The number of benzene rings is 1. The summed E-state index contributed by atoms with van der Waals surface area (Å²) in [5, 5.41) is 0. The molecule has 0 atom stereocenters. The molecule has 4 heteroatoms. The van der Waals surface area contributed by atoms with Crippen molar-refractivity contribution in [3.8, 4) is 5.75 Å². The molecule has 1 aromatic rings. The van der Waals surface area contributed by atoms with Gasteiger partial charge in [-0.15, -0.1) is 0 Å². The van der Waals surface area contributed by atoms with Crippen molar-refractivity contribution < 1.29 is 19.1 Å². The summed E-state index contributed by atoms with van der Waals surface area (Å²) in [6, 6.07) is 8.47. The molecule has 0 aliphatic rings. The minimum absolute atomic E-state index is 0.260. The standard InChI is InChI=1S/C13H14O4/c1-3-9-16-12(14)10(2)13(15)17-11-7-5-4-6-8-11/h4-8H,2-3,9H2,1H3. The fourth-order valence-corrected chi connectivity index (χ4v) is 1.02. The Morgan fingerprint density at radius 2 is 1.82 bits per heavy atom. The van der Waals surface area contributed by atoms with Crippen molar-refractivity contribution in [3.05, 3.63) is 42.5 Å². The molecule has 0 amide bonds. The number of rotatable bonds is 5. The van der Waals surface area contributed by atoms with Crippen LogP contribution in [-0.4, -0.2) is 18.5 Å². The van der Waals surface area contributed by atoms with Gasteiger partial charge in [-0.3, -0.25) is 0 Å². The number of carbonyl (C=O) groups is 2. The van der Waals surface area contributed by atoms with E-state index in [9.17, 15) is 9.59 Å². The number of para-hydroxylation sites is 1. The van der Waals surface area contributed by atoms with Gasteiger partial charge in [-0.1, -0.05) is 31.7 Å². The second kappa shape index (κ2) is 6.48. The molecule has 0 unspecified atom stereocenters. The maximum Gasteiger partial charge on any atom is 0.350 e. The first kappa shape index (κ1) is 13.0. The molecule has 0 saturated carbocycles. The highest BCUT2D eigenvalue weighted by molar-refractivity contribution is 6.14. The van der Waals surface area contributed by atoms with Gasteiger partial charge in [0.25, 0.3) is 0 Å². The Morgan fingerprint density at radius 3 is 2.41 bits per heavy atom. The zero-order valence-corrected chi connectivity index (χ0v) is 9.64. The average Bonchev–Trinajstić information content (AvgIpc) is 2.36. The fourth-order valence-electron chi connectivity index (χ4n) is 1.02. The van der Waals surface area contributed by atoms with Crippen LogP contribution in [0.15, 0.2) is 42.5 Å². The van der Waals surface area contributed by atoms with Crippen LogP contribution < -0.4 is 4.74 Å². The van der Waals surface area contributed by atoms with Crippen molar-refractivity contribution in [2.75, 3.05) is 6.61 Å². The predicted octanol–water partition coefficient (Wildman–Crippen LogP) is 2.10. The van der Waals surface area contributed by atoms with E-state index in [1.165, 1.54) is 0 Å². The minimum atomic E-state index is -0.794. The van der Waals surface area contributed by atoms with Crippen LogP contribution in [0, 0.1) is 0 Å². The third-order valence-corrected chi connectivity index (χ3v) is 1.88. The molecule has 1 aromatic carbocycles. The summed E-state index contributed by atoms with van der Waals surface area (Å²) in [5.74, 6) is -1.17. The molecule has 4 nitrogen and oxygen atoms in total. The number of hydrogen-bond donors (Lipinski definition) is 0. The predicted molar refractivity (Wildman–Crippen MR) is 62.5 cm³/mol. The SMILES string of the molecule is C=C(C(=O)OCCC)C(=O)Oc1ccccc1. The molecule has 17 heavy (non-hydrogen) atoms. The molecule has 0 bridgehead atoms. The second-order valence-corrected chi connectivity index (χ2v) is 3.32. The molecule has 0 aliphatic carbocycles. The summed E-state index contributed by atoms with van der Waals surface area (Å²) in [6.45, 7) is 5.47. The normalized spacial score (nSPS) is 9.47. The van der Waals surface area contributed by atoms with E-state index in [4.69, 9.17) is 9.47 Å². The van der Waals surface area contributed by atoms with Crippen LogP contribution >= 0.6 is 0 Å². The molecule has 0 radical (unpaired) electrons. The van der Waals surface area contributed by atoms with E-state index in [0.717, 1.165) is 0 Å². The summed E-state index contributed by atoms with van der Waals surface area (Å²) < 4.78 is 9.71. The Balaban J connectivity index is 2.53. The minimum Gasteiger partial charge on any atom is -0.462 e. The summed E-state index contributed by atoms with van der Waals surface area (Å²) in [6.07, 6.45) is 0.687. The van der Waals surface area contributed by atoms with Gasteiger partial charge < -0.3 is 9.47 Å². The van der Waals surface area contributed by atoms with Crippen molar-refractivity contribution >= 4 is 11.9 Å². The Morgan fingerprint density at radius 1 is 1.18 bits per heavy atom. The number of hydrogen-bond acceptors (Lipinski definition) is 4. The van der Waals surface area contributed by atoms with E-state index in [1.807, 2.05) is 6.92 Å². The van der Waals surface area contributed by atoms with E-state index in [-0.39, 0.29) is 12.2 Å². The van der Waals surface area contributed by atoms with Gasteiger partial charge in [0.15, 0.2) is 0 Å². The van der Waals surface area contributed by atoms with Crippen molar-refractivity contribution in [1.82, 2.24) is 0 Å². The zero-order chi connectivity index (χ0) is 12.7. The molecule has 0 fully saturated rings. The molecule has 0 N–H and O–H groups in total. The van der Waals surface area contributed by atoms with E-state index in [1.54, 1.807) is 30.3 Å². The van der Waals surface area contributed by atoms with Crippen LogP contribution in [-0.2, 0) is 14.3 Å². The van der Waals surface area contributed by atoms with E-state index in [0.29, 0.717) is 12.2 Å². The van der Waals surface area contributed by atoms with Crippen molar-refractivity contribution in [3.63, 3.8) is 0 Å². The van der Waals surface area contributed by atoms with Crippen LogP contribution in [0.5, 0.6) is 5.75 Å². The third-order valence-electron chi connectivity index (χ3n) is 1.88. The maximum absolute atomic E-state index is 11.5. The van der Waals surface area contributed by atoms with Crippen LogP contribution in [0.2, 0.25) is 0 Å². The van der Waals surface area contributed by atoms with Crippen LogP contribution in [0.1, 0.15) is 13.3 Å². The smallest absolute Gasteiger partial charge is 0.350 e. The highest BCUT2D eigenvalue weighted by Gasteiger charge is 2.19. The number of ether oxygens (including phenoxy) is 2. The highest BCUT2D eigenvalue weighted by atomic mass is 16.6. The highest BCUT2D eigenvalue weighted by Crippen LogP contribution is 2.10. The molecular weight excluding hydrogens is 220 g/mol. The van der Waals surface area contributed by atoms with Crippen LogP contribution in [0.3, 0.4) is 0 Å². The monoisotopic (exact) mass is 234 g/mol. The molecule has 1 rings (SSSR count). The Kier molecular flexibility index (Phi) is 4.94.